The van der Waals surface area contributed by atoms with Gasteiger partial charge in [0.2, 0.25) is 0 Å². The van der Waals surface area contributed by atoms with Crippen LogP contribution in [0.4, 0.5) is 5.69 Å². The number of benzene rings is 2. The third kappa shape index (κ3) is 1.32. The normalized spacial score (nSPS) is 20.1. The standard InChI is InChI=1S/C16H15N/c1-2-4-11(5-3-1)14-9-13-8-12-6-7-17-16(12)10-15(13)14/h1-5,8,10,14,17H,6-7,9H2. The summed E-state index contributed by atoms with van der Waals surface area (Å²) in [6, 6.07) is 15.6. The van der Waals surface area contributed by atoms with Crippen molar-refractivity contribution in [1.29, 1.82) is 0 Å². The minimum absolute atomic E-state index is 0.624. The van der Waals surface area contributed by atoms with Crippen molar-refractivity contribution >= 4 is 5.69 Å². The molecule has 2 aliphatic rings. The summed E-state index contributed by atoms with van der Waals surface area (Å²) in [5.41, 5.74) is 7.42. The average molecular weight is 221 g/mol. The maximum Gasteiger partial charge on any atom is 0.0376 e. The van der Waals surface area contributed by atoms with Crippen LogP contribution in [0, 0.1) is 0 Å². The third-order valence-corrected chi connectivity index (χ3v) is 4.08. The molecule has 1 nitrogen and oxygen atoms in total. The first-order chi connectivity index (χ1) is 8.42. The molecule has 0 saturated heterocycles. The molecule has 4 rings (SSSR count). The Morgan fingerprint density at radius 3 is 2.76 bits per heavy atom. The van der Waals surface area contributed by atoms with E-state index in [0.29, 0.717) is 5.92 Å². The SMILES string of the molecule is c1ccc(C2Cc3cc4c(cc32)NCC4)cc1. The van der Waals surface area contributed by atoms with Gasteiger partial charge in [0.25, 0.3) is 0 Å². The molecule has 1 heterocycles. The van der Waals surface area contributed by atoms with Gasteiger partial charge in [-0.3, -0.25) is 0 Å². The molecule has 0 radical (unpaired) electrons. The van der Waals surface area contributed by atoms with Gasteiger partial charge in [0.1, 0.15) is 0 Å². The first-order valence-electron chi connectivity index (χ1n) is 6.36. The molecule has 1 N–H and O–H groups in total. The van der Waals surface area contributed by atoms with Crippen LogP contribution in [0.5, 0.6) is 0 Å². The van der Waals surface area contributed by atoms with Crippen LogP contribution >= 0.6 is 0 Å². The largest absolute Gasteiger partial charge is 0.384 e. The Kier molecular flexibility index (Phi) is 1.84. The van der Waals surface area contributed by atoms with E-state index in [1.54, 1.807) is 5.56 Å². The highest BCUT2D eigenvalue weighted by Gasteiger charge is 2.29. The van der Waals surface area contributed by atoms with Crippen LogP contribution in [0.15, 0.2) is 42.5 Å². The topological polar surface area (TPSA) is 12.0 Å². The Bertz CT molecular complexity index is 572. The second kappa shape index (κ2) is 3.36. The van der Waals surface area contributed by atoms with Crippen molar-refractivity contribution in [3.8, 4) is 0 Å². The van der Waals surface area contributed by atoms with Crippen LogP contribution in [0.2, 0.25) is 0 Å². The van der Waals surface area contributed by atoms with Crippen molar-refractivity contribution in [2.75, 3.05) is 11.9 Å². The van der Waals surface area contributed by atoms with E-state index < -0.39 is 0 Å². The van der Waals surface area contributed by atoms with Crippen molar-refractivity contribution in [2.45, 2.75) is 18.8 Å². The summed E-state index contributed by atoms with van der Waals surface area (Å²) in [5.74, 6) is 0.624. The van der Waals surface area contributed by atoms with Gasteiger partial charge in [-0.15, -0.1) is 0 Å². The summed E-state index contributed by atoms with van der Waals surface area (Å²) in [4.78, 5) is 0. The second-order valence-electron chi connectivity index (χ2n) is 5.05. The Hall–Kier alpha value is -1.76. The van der Waals surface area contributed by atoms with E-state index in [1.807, 2.05) is 0 Å². The van der Waals surface area contributed by atoms with Gasteiger partial charge in [-0.2, -0.15) is 0 Å². The molecule has 0 fully saturated rings. The van der Waals surface area contributed by atoms with Crippen molar-refractivity contribution in [1.82, 2.24) is 0 Å². The molecule has 0 aromatic heterocycles. The smallest absolute Gasteiger partial charge is 0.0376 e. The first-order valence-corrected chi connectivity index (χ1v) is 6.36. The van der Waals surface area contributed by atoms with Gasteiger partial charge in [0.15, 0.2) is 0 Å². The summed E-state index contributed by atoms with van der Waals surface area (Å²) in [6.07, 6.45) is 2.41. The average Bonchev–Trinajstić information content (AvgIpc) is 2.80. The minimum Gasteiger partial charge on any atom is -0.384 e. The highest BCUT2D eigenvalue weighted by molar-refractivity contribution is 5.63. The van der Waals surface area contributed by atoms with Crippen LogP contribution < -0.4 is 5.32 Å². The maximum atomic E-state index is 3.47. The number of anilines is 1. The molecule has 1 aliphatic carbocycles. The van der Waals surface area contributed by atoms with Crippen LogP contribution in [0.1, 0.15) is 28.2 Å². The number of fused-ring (bicyclic) bond motifs is 2. The fraction of sp³-hybridized carbons (Fsp3) is 0.250. The van der Waals surface area contributed by atoms with Gasteiger partial charge in [0, 0.05) is 18.2 Å². The van der Waals surface area contributed by atoms with Crippen molar-refractivity contribution in [2.24, 2.45) is 0 Å². The fourth-order valence-corrected chi connectivity index (χ4v) is 3.10. The molecule has 1 heteroatoms. The molecular formula is C16H15N. The molecule has 0 bridgehead atoms. The monoisotopic (exact) mass is 221 g/mol. The van der Waals surface area contributed by atoms with Crippen molar-refractivity contribution in [3.05, 3.63) is 64.7 Å². The first kappa shape index (κ1) is 9.29. The van der Waals surface area contributed by atoms with Gasteiger partial charge in [0.05, 0.1) is 0 Å². The molecule has 2 aromatic carbocycles. The zero-order valence-corrected chi connectivity index (χ0v) is 9.74. The molecule has 84 valence electrons. The number of hydrogen-bond donors (Lipinski definition) is 1. The van der Waals surface area contributed by atoms with E-state index in [1.165, 1.54) is 35.2 Å². The van der Waals surface area contributed by atoms with E-state index in [9.17, 15) is 0 Å². The second-order valence-corrected chi connectivity index (χ2v) is 5.05. The van der Waals surface area contributed by atoms with E-state index >= 15 is 0 Å². The highest BCUT2D eigenvalue weighted by Crippen LogP contribution is 2.43. The van der Waals surface area contributed by atoms with Crippen LogP contribution in [-0.4, -0.2) is 6.54 Å². The molecule has 0 spiro atoms. The van der Waals surface area contributed by atoms with E-state index in [-0.39, 0.29) is 0 Å². The molecule has 17 heavy (non-hydrogen) atoms. The van der Waals surface area contributed by atoms with Crippen LogP contribution in [0.25, 0.3) is 0 Å². The van der Waals surface area contributed by atoms with Crippen LogP contribution in [-0.2, 0) is 12.8 Å². The Balaban J connectivity index is 1.76. The predicted octanol–water partition coefficient (Wildman–Crippen LogP) is 3.34. The zero-order chi connectivity index (χ0) is 11.2. The Labute approximate surface area is 101 Å². The lowest BCUT2D eigenvalue weighted by Gasteiger charge is -2.31. The van der Waals surface area contributed by atoms with Gasteiger partial charge < -0.3 is 5.32 Å². The lowest BCUT2D eigenvalue weighted by atomic mass is 9.73. The summed E-state index contributed by atoms with van der Waals surface area (Å²) >= 11 is 0. The van der Waals surface area contributed by atoms with Crippen molar-refractivity contribution < 1.29 is 0 Å². The molecule has 1 atom stereocenters. The fourth-order valence-electron chi connectivity index (χ4n) is 3.10. The van der Waals surface area contributed by atoms with Gasteiger partial charge in [-0.1, -0.05) is 36.4 Å². The van der Waals surface area contributed by atoms with E-state index in [0.717, 1.165) is 6.54 Å². The maximum absolute atomic E-state index is 3.47. The lowest BCUT2D eigenvalue weighted by molar-refractivity contribution is 0.707. The predicted molar refractivity (Wildman–Crippen MR) is 70.6 cm³/mol. The minimum atomic E-state index is 0.624. The van der Waals surface area contributed by atoms with E-state index in [2.05, 4.69) is 47.8 Å². The summed E-state index contributed by atoms with van der Waals surface area (Å²) < 4.78 is 0. The van der Waals surface area contributed by atoms with Crippen LogP contribution in [0.3, 0.4) is 0 Å². The quantitative estimate of drug-likeness (QED) is 0.778. The zero-order valence-electron chi connectivity index (χ0n) is 9.74. The Morgan fingerprint density at radius 1 is 1.00 bits per heavy atom. The van der Waals surface area contributed by atoms with Gasteiger partial charge in [-0.05, 0) is 41.2 Å². The van der Waals surface area contributed by atoms with Gasteiger partial charge >= 0.3 is 0 Å². The Morgan fingerprint density at radius 2 is 1.88 bits per heavy atom. The number of rotatable bonds is 1. The number of hydrogen-bond acceptors (Lipinski definition) is 1. The third-order valence-electron chi connectivity index (χ3n) is 4.08. The number of nitrogens with one attached hydrogen (secondary N) is 1. The highest BCUT2D eigenvalue weighted by atomic mass is 14.9. The molecule has 1 aliphatic heterocycles. The van der Waals surface area contributed by atoms with Gasteiger partial charge in [-0.25, -0.2) is 0 Å². The summed E-state index contributed by atoms with van der Waals surface area (Å²) in [6.45, 7) is 1.11. The van der Waals surface area contributed by atoms with E-state index in [4.69, 9.17) is 0 Å². The lowest BCUT2D eigenvalue weighted by Crippen LogP contribution is -2.18. The molecular weight excluding hydrogens is 206 g/mol. The molecule has 1 unspecified atom stereocenters. The molecule has 0 saturated carbocycles. The summed E-state index contributed by atoms with van der Waals surface area (Å²) in [5, 5.41) is 3.47. The van der Waals surface area contributed by atoms with Crippen molar-refractivity contribution in [3.63, 3.8) is 0 Å². The molecule has 0 amide bonds. The summed E-state index contributed by atoms with van der Waals surface area (Å²) in [7, 11) is 0. The molecule has 2 aromatic rings.